The van der Waals surface area contributed by atoms with Gasteiger partial charge in [0.1, 0.15) is 0 Å². The van der Waals surface area contributed by atoms with Gasteiger partial charge in [0.15, 0.2) is 5.78 Å². The molecule has 20 heavy (non-hydrogen) atoms. The van der Waals surface area contributed by atoms with E-state index in [1.165, 1.54) is 6.08 Å². The zero-order valence-corrected chi connectivity index (χ0v) is 12.1. The van der Waals surface area contributed by atoms with Crippen molar-refractivity contribution in [2.75, 3.05) is 0 Å². The minimum absolute atomic E-state index is 0.149. The van der Waals surface area contributed by atoms with Crippen LogP contribution in [0.2, 0.25) is 10.0 Å². The Balaban J connectivity index is 2.04. The molecule has 3 heteroatoms. The predicted octanol–water partition coefficient (Wildman–Crippen LogP) is 5.45. The highest BCUT2D eigenvalue weighted by atomic mass is 35.5. The van der Waals surface area contributed by atoms with Gasteiger partial charge in [0.05, 0.1) is 5.02 Å². The lowest BCUT2D eigenvalue weighted by Crippen LogP contribution is -1.94. The first kappa shape index (κ1) is 14.6. The zero-order valence-electron chi connectivity index (χ0n) is 10.6. The summed E-state index contributed by atoms with van der Waals surface area (Å²) in [4.78, 5) is 11.9. The third kappa shape index (κ3) is 4.09. The Labute approximate surface area is 128 Å². The van der Waals surface area contributed by atoms with E-state index in [1.807, 2.05) is 42.5 Å². The molecule has 100 valence electrons. The van der Waals surface area contributed by atoms with Crippen LogP contribution in [0.25, 0.3) is 6.08 Å². The van der Waals surface area contributed by atoms with Crippen molar-refractivity contribution in [3.05, 3.63) is 87.9 Å². The Morgan fingerprint density at radius 2 is 1.70 bits per heavy atom. The van der Waals surface area contributed by atoms with Crippen LogP contribution in [0.4, 0.5) is 0 Å². The zero-order chi connectivity index (χ0) is 14.4. The fraction of sp³-hybridized carbons (Fsp3) is 0. The van der Waals surface area contributed by atoms with Gasteiger partial charge in [-0.3, -0.25) is 4.79 Å². The summed E-state index contributed by atoms with van der Waals surface area (Å²) < 4.78 is 0. The molecule has 0 heterocycles. The normalized spacial score (nSPS) is 11.3. The second-order valence-electron chi connectivity index (χ2n) is 4.12. The van der Waals surface area contributed by atoms with Crippen molar-refractivity contribution in [3.8, 4) is 0 Å². The van der Waals surface area contributed by atoms with Gasteiger partial charge in [0, 0.05) is 10.6 Å². The number of hydrogen-bond donors (Lipinski definition) is 0. The van der Waals surface area contributed by atoms with E-state index in [9.17, 15) is 4.79 Å². The number of ketones is 1. The minimum Gasteiger partial charge on any atom is -0.289 e. The van der Waals surface area contributed by atoms with Gasteiger partial charge in [-0.05, 0) is 29.8 Å². The van der Waals surface area contributed by atoms with Crippen molar-refractivity contribution in [2.24, 2.45) is 0 Å². The summed E-state index contributed by atoms with van der Waals surface area (Å²) in [6.07, 6.45) is 6.92. The summed E-state index contributed by atoms with van der Waals surface area (Å²) in [5.41, 5.74) is 1.52. The molecule has 0 saturated carbocycles. The van der Waals surface area contributed by atoms with E-state index >= 15 is 0 Å². The highest BCUT2D eigenvalue weighted by Gasteiger charge is 2.06. The summed E-state index contributed by atoms with van der Waals surface area (Å²) in [5.74, 6) is -0.149. The topological polar surface area (TPSA) is 17.1 Å². The lowest BCUT2D eigenvalue weighted by molar-refractivity contribution is 0.104. The maximum absolute atomic E-state index is 11.9. The minimum atomic E-state index is -0.149. The average Bonchev–Trinajstić information content (AvgIpc) is 2.44. The molecule has 2 aromatic rings. The Morgan fingerprint density at radius 1 is 0.950 bits per heavy atom. The summed E-state index contributed by atoms with van der Waals surface area (Å²) in [6, 6.07) is 14.7. The number of carbonyl (C=O) groups excluding carboxylic acids is 1. The molecule has 2 aromatic carbocycles. The number of allylic oxidation sites excluding steroid dienone is 3. The van der Waals surface area contributed by atoms with Crippen molar-refractivity contribution >= 4 is 35.1 Å². The molecule has 0 aliphatic carbocycles. The van der Waals surface area contributed by atoms with E-state index in [2.05, 4.69) is 0 Å². The van der Waals surface area contributed by atoms with Gasteiger partial charge < -0.3 is 0 Å². The van der Waals surface area contributed by atoms with Crippen LogP contribution in [0, 0.1) is 0 Å². The maximum atomic E-state index is 11.9. The fourth-order valence-corrected chi connectivity index (χ4v) is 2.15. The molecule has 1 nitrogen and oxygen atoms in total. The Morgan fingerprint density at radius 3 is 2.40 bits per heavy atom. The van der Waals surface area contributed by atoms with Crippen LogP contribution < -0.4 is 0 Å². The van der Waals surface area contributed by atoms with Gasteiger partial charge >= 0.3 is 0 Å². The Hall–Kier alpha value is -1.83. The molecule has 0 aliphatic heterocycles. The lowest BCUT2D eigenvalue weighted by Gasteiger charge is -1.99. The number of hydrogen-bond acceptors (Lipinski definition) is 1. The third-order valence-corrected chi connectivity index (χ3v) is 3.19. The molecular formula is C17H12Cl2O. The quantitative estimate of drug-likeness (QED) is 0.417. The molecule has 2 rings (SSSR count). The molecular weight excluding hydrogens is 291 g/mol. The van der Waals surface area contributed by atoms with Gasteiger partial charge in [0.2, 0.25) is 0 Å². The number of rotatable bonds is 4. The van der Waals surface area contributed by atoms with Crippen LogP contribution in [-0.2, 0) is 0 Å². The van der Waals surface area contributed by atoms with E-state index in [-0.39, 0.29) is 5.78 Å². The molecule has 0 spiro atoms. The predicted molar refractivity (Wildman–Crippen MR) is 85.4 cm³/mol. The molecule has 0 aliphatic rings. The SMILES string of the molecule is O=C(/C=C/C=C/c1ccccc1)c1ccc(Cl)cc1Cl. The molecule has 0 radical (unpaired) electrons. The van der Waals surface area contributed by atoms with Gasteiger partial charge in [-0.1, -0.05) is 71.8 Å². The van der Waals surface area contributed by atoms with Crippen LogP contribution >= 0.6 is 23.2 Å². The van der Waals surface area contributed by atoms with Crippen LogP contribution in [0.5, 0.6) is 0 Å². The second-order valence-corrected chi connectivity index (χ2v) is 4.96. The highest BCUT2D eigenvalue weighted by molar-refractivity contribution is 6.37. The lowest BCUT2D eigenvalue weighted by atomic mass is 10.1. The molecule has 0 fully saturated rings. The summed E-state index contributed by atoms with van der Waals surface area (Å²) >= 11 is 11.8. The smallest absolute Gasteiger partial charge is 0.187 e. The Kier molecular flexibility index (Phi) is 5.16. The van der Waals surface area contributed by atoms with Crippen LogP contribution in [0.1, 0.15) is 15.9 Å². The molecule has 0 aromatic heterocycles. The monoisotopic (exact) mass is 302 g/mol. The van der Waals surface area contributed by atoms with Crippen LogP contribution in [0.3, 0.4) is 0 Å². The van der Waals surface area contributed by atoms with Gasteiger partial charge in [-0.25, -0.2) is 0 Å². The van der Waals surface area contributed by atoms with E-state index in [4.69, 9.17) is 23.2 Å². The van der Waals surface area contributed by atoms with Crippen molar-refractivity contribution in [1.82, 2.24) is 0 Å². The first-order chi connectivity index (χ1) is 9.66. The molecule has 0 atom stereocenters. The van der Waals surface area contributed by atoms with Gasteiger partial charge in [0.25, 0.3) is 0 Å². The van der Waals surface area contributed by atoms with Crippen molar-refractivity contribution in [3.63, 3.8) is 0 Å². The first-order valence-electron chi connectivity index (χ1n) is 6.06. The number of benzene rings is 2. The summed E-state index contributed by atoms with van der Waals surface area (Å²) in [7, 11) is 0. The standard InChI is InChI=1S/C17H12Cl2O/c18-14-10-11-15(16(19)12-14)17(20)9-5-4-8-13-6-2-1-3-7-13/h1-12H/b8-4+,9-5+. The van der Waals surface area contributed by atoms with Crippen LogP contribution in [0.15, 0.2) is 66.8 Å². The fourth-order valence-electron chi connectivity index (χ4n) is 1.65. The van der Waals surface area contributed by atoms with Gasteiger partial charge in [-0.2, -0.15) is 0 Å². The van der Waals surface area contributed by atoms with E-state index < -0.39 is 0 Å². The molecule has 0 N–H and O–H groups in total. The summed E-state index contributed by atoms with van der Waals surface area (Å²) in [6.45, 7) is 0. The van der Waals surface area contributed by atoms with Crippen molar-refractivity contribution in [2.45, 2.75) is 0 Å². The second kappa shape index (κ2) is 7.09. The molecule has 0 amide bonds. The number of carbonyl (C=O) groups is 1. The molecule has 0 bridgehead atoms. The van der Waals surface area contributed by atoms with Crippen molar-refractivity contribution in [1.29, 1.82) is 0 Å². The largest absolute Gasteiger partial charge is 0.289 e. The van der Waals surface area contributed by atoms with E-state index in [1.54, 1.807) is 24.3 Å². The summed E-state index contributed by atoms with van der Waals surface area (Å²) in [5, 5.41) is 0.874. The Bertz CT molecular complexity index is 658. The van der Waals surface area contributed by atoms with Gasteiger partial charge in [-0.15, -0.1) is 0 Å². The van der Waals surface area contributed by atoms with E-state index in [0.29, 0.717) is 15.6 Å². The third-order valence-electron chi connectivity index (χ3n) is 2.64. The van der Waals surface area contributed by atoms with Crippen LogP contribution in [-0.4, -0.2) is 5.78 Å². The highest BCUT2D eigenvalue weighted by Crippen LogP contribution is 2.21. The van der Waals surface area contributed by atoms with Crippen molar-refractivity contribution < 1.29 is 4.79 Å². The first-order valence-corrected chi connectivity index (χ1v) is 6.81. The van der Waals surface area contributed by atoms with E-state index in [0.717, 1.165) is 5.56 Å². The average molecular weight is 303 g/mol. The molecule has 0 unspecified atom stereocenters. The number of halogens is 2. The maximum Gasteiger partial charge on any atom is 0.187 e. The molecule has 0 saturated heterocycles.